The van der Waals surface area contributed by atoms with Crippen LogP contribution < -0.4 is 15.1 Å². The summed E-state index contributed by atoms with van der Waals surface area (Å²) in [6, 6.07) is 9.50. The van der Waals surface area contributed by atoms with Gasteiger partial charge in [0.1, 0.15) is 11.9 Å². The Bertz CT molecular complexity index is 1190. The highest BCUT2D eigenvalue weighted by molar-refractivity contribution is 6.05. The van der Waals surface area contributed by atoms with Gasteiger partial charge in [0, 0.05) is 56.6 Å². The van der Waals surface area contributed by atoms with E-state index in [4.69, 9.17) is 4.74 Å². The van der Waals surface area contributed by atoms with E-state index < -0.39 is 0 Å². The molecule has 1 aliphatic carbocycles. The molecule has 0 radical (unpaired) electrons. The fourth-order valence-corrected chi connectivity index (χ4v) is 5.67. The molecule has 1 N–H and O–H groups in total. The number of pyridine rings is 1. The Morgan fingerprint density at radius 1 is 1.03 bits per heavy atom. The quantitative estimate of drug-likeness (QED) is 0.678. The van der Waals surface area contributed by atoms with Crippen LogP contribution in [0.5, 0.6) is 0 Å². The summed E-state index contributed by atoms with van der Waals surface area (Å²) in [6.45, 7) is 3.79. The van der Waals surface area contributed by atoms with Crippen LogP contribution in [0.15, 0.2) is 36.5 Å². The number of likely N-dealkylation sites (N-methyl/N-ethyl adjacent to an activating group) is 1. The molecule has 2 aromatic rings. The maximum absolute atomic E-state index is 13.1. The van der Waals surface area contributed by atoms with Gasteiger partial charge in [0.2, 0.25) is 5.91 Å². The van der Waals surface area contributed by atoms with Crippen molar-refractivity contribution in [1.82, 2.24) is 14.8 Å². The van der Waals surface area contributed by atoms with Crippen LogP contribution in [0, 0.1) is 0 Å². The number of anilines is 4. The van der Waals surface area contributed by atoms with Crippen LogP contribution in [0.25, 0.3) is 0 Å². The lowest BCUT2D eigenvalue weighted by Gasteiger charge is -2.43. The molecule has 2 aliphatic heterocycles. The van der Waals surface area contributed by atoms with E-state index in [-0.39, 0.29) is 23.9 Å². The fourth-order valence-electron chi connectivity index (χ4n) is 5.67. The Hall–Kier alpha value is -3.82. The summed E-state index contributed by atoms with van der Waals surface area (Å²) in [7, 11) is 3.17. The maximum Gasteiger partial charge on any atom is 0.409 e. The summed E-state index contributed by atoms with van der Waals surface area (Å²) in [6.07, 6.45) is 5.92. The maximum atomic E-state index is 13.1. The zero-order chi connectivity index (χ0) is 26.1. The molecule has 2 fully saturated rings. The Labute approximate surface area is 217 Å². The van der Waals surface area contributed by atoms with E-state index >= 15 is 0 Å². The highest BCUT2D eigenvalue weighted by atomic mass is 16.5. The summed E-state index contributed by atoms with van der Waals surface area (Å²) in [5.41, 5.74) is 3.15. The molecule has 0 spiro atoms. The molecular weight excluding hydrogens is 472 g/mol. The van der Waals surface area contributed by atoms with Gasteiger partial charge in [-0.1, -0.05) is 18.9 Å². The first-order valence-corrected chi connectivity index (χ1v) is 12.9. The summed E-state index contributed by atoms with van der Waals surface area (Å²) in [5.74, 6) is 0.668. The largest absolute Gasteiger partial charge is 0.453 e. The first-order valence-electron chi connectivity index (χ1n) is 12.9. The van der Waals surface area contributed by atoms with Crippen molar-refractivity contribution < 1.29 is 19.1 Å². The van der Waals surface area contributed by atoms with Gasteiger partial charge >= 0.3 is 6.09 Å². The van der Waals surface area contributed by atoms with Gasteiger partial charge in [0.05, 0.1) is 24.7 Å². The molecule has 196 valence electrons. The molecule has 1 unspecified atom stereocenters. The van der Waals surface area contributed by atoms with Crippen molar-refractivity contribution in [2.45, 2.75) is 44.7 Å². The number of carbonyl (C=O) groups is 3. The van der Waals surface area contributed by atoms with Gasteiger partial charge in [-0.25, -0.2) is 9.78 Å². The normalized spacial score (nSPS) is 20.2. The highest BCUT2D eigenvalue weighted by Gasteiger charge is 2.38. The zero-order valence-corrected chi connectivity index (χ0v) is 21.6. The van der Waals surface area contributed by atoms with Crippen LogP contribution in [-0.4, -0.2) is 85.1 Å². The number of nitrogens with one attached hydrogen (secondary N) is 1. The second kappa shape index (κ2) is 10.3. The molecule has 1 aromatic heterocycles. The van der Waals surface area contributed by atoms with Crippen molar-refractivity contribution >= 4 is 40.8 Å². The molecule has 1 atom stereocenters. The summed E-state index contributed by atoms with van der Waals surface area (Å²) in [5, 5.41) is 3.35. The Morgan fingerprint density at radius 2 is 1.73 bits per heavy atom. The molecule has 3 aliphatic rings. The predicted octanol–water partition coefficient (Wildman–Crippen LogP) is 3.46. The molecule has 1 saturated heterocycles. The number of amides is 3. The van der Waals surface area contributed by atoms with Gasteiger partial charge in [0.25, 0.3) is 5.91 Å². The Morgan fingerprint density at radius 3 is 2.43 bits per heavy atom. The van der Waals surface area contributed by atoms with Crippen molar-refractivity contribution in [3.63, 3.8) is 0 Å². The SMILES string of the molecule is COC(=O)N1CCN(C(=O)c2cccc(Nc3cc4c(cn3)N(C)C(=O)C(C)N4C3CCCC3)c2)CC1. The number of fused-ring (bicyclic) bond motifs is 1. The van der Waals surface area contributed by atoms with Gasteiger partial charge in [-0.15, -0.1) is 0 Å². The topological polar surface area (TPSA) is 98.3 Å². The first kappa shape index (κ1) is 24.9. The molecule has 1 aromatic carbocycles. The molecule has 10 heteroatoms. The molecule has 5 rings (SSSR count). The van der Waals surface area contributed by atoms with Gasteiger partial charge in [-0.05, 0) is 38.0 Å². The second-order valence-corrected chi connectivity index (χ2v) is 9.93. The van der Waals surface area contributed by atoms with E-state index in [1.165, 1.54) is 20.0 Å². The zero-order valence-electron chi connectivity index (χ0n) is 21.6. The second-order valence-electron chi connectivity index (χ2n) is 9.93. The van der Waals surface area contributed by atoms with Gasteiger partial charge < -0.3 is 29.7 Å². The van der Waals surface area contributed by atoms with Crippen molar-refractivity contribution in [2.24, 2.45) is 0 Å². The molecule has 3 amide bonds. The van der Waals surface area contributed by atoms with Crippen LogP contribution in [0.4, 0.5) is 27.7 Å². The van der Waals surface area contributed by atoms with Crippen molar-refractivity contribution in [2.75, 3.05) is 55.5 Å². The lowest BCUT2D eigenvalue weighted by Crippen LogP contribution is -2.54. The Balaban J connectivity index is 1.33. The third kappa shape index (κ3) is 4.80. The van der Waals surface area contributed by atoms with E-state index in [9.17, 15) is 14.4 Å². The van der Waals surface area contributed by atoms with E-state index in [2.05, 4.69) is 15.2 Å². The van der Waals surface area contributed by atoms with E-state index in [0.29, 0.717) is 43.6 Å². The standard InChI is InChI=1S/C27H34N6O4/c1-18-25(34)30(2)23-17-28-24(16-22(23)33(18)21-9-4-5-10-21)29-20-8-6-7-19(15-20)26(35)31-11-13-32(14-12-31)27(36)37-3/h6-8,15-18,21H,4-5,9-14H2,1-3H3,(H,28,29). The Kier molecular flexibility index (Phi) is 6.90. The smallest absolute Gasteiger partial charge is 0.409 e. The van der Waals surface area contributed by atoms with E-state index in [1.54, 1.807) is 34.0 Å². The van der Waals surface area contributed by atoms with Crippen LogP contribution in [-0.2, 0) is 9.53 Å². The minimum atomic E-state index is -0.368. The number of hydrogen-bond acceptors (Lipinski definition) is 7. The van der Waals surface area contributed by atoms with Crippen LogP contribution in [0.3, 0.4) is 0 Å². The third-order valence-corrected chi connectivity index (χ3v) is 7.71. The molecular formula is C27H34N6O4. The molecule has 37 heavy (non-hydrogen) atoms. The number of aromatic nitrogens is 1. The van der Waals surface area contributed by atoms with Crippen molar-refractivity contribution in [3.8, 4) is 0 Å². The molecule has 10 nitrogen and oxygen atoms in total. The average molecular weight is 507 g/mol. The number of hydrogen-bond donors (Lipinski definition) is 1. The minimum absolute atomic E-state index is 0.0760. The average Bonchev–Trinajstić information content (AvgIpc) is 3.46. The number of benzene rings is 1. The van der Waals surface area contributed by atoms with Gasteiger partial charge in [-0.3, -0.25) is 9.59 Å². The summed E-state index contributed by atoms with van der Waals surface area (Å²) < 4.78 is 4.78. The van der Waals surface area contributed by atoms with Crippen LogP contribution >= 0.6 is 0 Å². The number of nitrogens with zero attached hydrogens (tertiary/aromatic N) is 5. The minimum Gasteiger partial charge on any atom is -0.453 e. The van der Waals surface area contributed by atoms with E-state index in [1.807, 2.05) is 31.2 Å². The number of ether oxygens (including phenoxy) is 1. The van der Waals surface area contributed by atoms with Gasteiger partial charge in [-0.2, -0.15) is 0 Å². The first-order chi connectivity index (χ1) is 17.9. The number of methoxy groups -OCH3 is 1. The third-order valence-electron chi connectivity index (χ3n) is 7.71. The fraction of sp³-hybridized carbons (Fsp3) is 0.481. The number of carbonyl (C=O) groups excluding carboxylic acids is 3. The highest BCUT2D eigenvalue weighted by Crippen LogP contribution is 2.41. The van der Waals surface area contributed by atoms with Crippen molar-refractivity contribution in [1.29, 1.82) is 0 Å². The lowest BCUT2D eigenvalue weighted by molar-refractivity contribution is -0.119. The lowest BCUT2D eigenvalue weighted by atomic mass is 10.0. The molecule has 3 heterocycles. The van der Waals surface area contributed by atoms with E-state index in [0.717, 1.165) is 29.9 Å². The number of rotatable bonds is 4. The van der Waals surface area contributed by atoms with Crippen LogP contribution in [0.1, 0.15) is 43.0 Å². The van der Waals surface area contributed by atoms with Crippen molar-refractivity contribution in [3.05, 3.63) is 42.1 Å². The monoisotopic (exact) mass is 506 g/mol. The predicted molar refractivity (Wildman–Crippen MR) is 141 cm³/mol. The molecule has 0 bridgehead atoms. The van der Waals surface area contributed by atoms with Crippen LogP contribution in [0.2, 0.25) is 0 Å². The molecule has 1 saturated carbocycles. The summed E-state index contributed by atoms with van der Waals surface area (Å²) in [4.78, 5) is 49.7. The summed E-state index contributed by atoms with van der Waals surface area (Å²) >= 11 is 0. The van der Waals surface area contributed by atoms with Gasteiger partial charge in [0.15, 0.2) is 0 Å². The number of piperazine rings is 1.